The minimum atomic E-state index is 0.0725. The Balaban J connectivity index is 1.56. The van der Waals surface area contributed by atoms with Crippen LogP contribution >= 0.6 is 11.6 Å². The number of benzene rings is 1. The quantitative estimate of drug-likeness (QED) is 0.591. The lowest BCUT2D eigenvalue weighted by molar-refractivity contribution is -0.120. The lowest BCUT2D eigenvalue weighted by atomic mass is 10.2. The molecule has 8 heteroatoms. The maximum Gasteiger partial charge on any atom is 0.239 e. The number of nitrogens with zero attached hydrogens (tertiary/aromatic N) is 4. The van der Waals surface area contributed by atoms with Crippen LogP contribution in [0.25, 0.3) is 0 Å². The number of rotatable bonds is 5. The Morgan fingerprint density at radius 1 is 1.36 bits per heavy atom. The van der Waals surface area contributed by atoms with Gasteiger partial charge in [0.05, 0.1) is 18.1 Å². The summed E-state index contributed by atoms with van der Waals surface area (Å²) in [6, 6.07) is 10.3. The average molecular weight is 403 g/mol. The van der Waals surface area contributed by atoms with Gasteiger partial charge in [0.1, 0.15) is 0 Å². The first-order valence-electron chi connectivity index (χ1n) is 9.29. The van der Waals surface area contributed by atoms with Gasteiger partial charge in [-0.05, 0) is 23.8 Å². The van der Waals surface area contributed by atoms with Crippen molar-refractivity contribution in [3.63, 3.8) is 0 Å². The van der Waals surface area contributed by atoms with Crippen LogP contribution < -0.4 is 15.5 Å². The van der Waals surface area contributed by atoms with E-state index in [1.54, 1.807) is 7.05 Å². The number of carbonyl (C=O) groups is 1. The summed E-state index contributed by atoms with van der Waals surface area (Å²) in [5.74, 6) is 0.887. The molecule has 1 aliphatic rings. The van der Waals surface area contributed by atoms with Crippen molar-refractivity contribution in [1.29, 1.82) is 0 Å². The Morgan fingerprint density at radius 2 is 2.11 bits per heavy atom. The van der Waals surface area contributed by atoms with Crippen LogP contribution in [0.5, 0.6) is 0 Å². The second kappa shape index (κ2) is 9.01. The van der Waals surface area contributed by atoms with Crippen LogP contribution in [0, 0.1) is 0 Å². The molecule has 1 aromatic heterocycles. The van der Waals surface area contributed by atoms with E-state index in [0.29, 0.717) is 26.2 Å². The third kappa shape index (κ3) is 4.98. The highest BCUT2D eigenvalue weighted by molar-refractivity contribution is 6.30. The highest BCUT2D eigenvalue weighted by atomic mass is 35.5. The van der Waals surface area contributed by atoms with Crippen LogP contribution in [0.15, 0.2) is 41.5 Å². The summed E-state index contributed by atoms with van der Waals surface area (Å²) >= 11 is 6.07. The number of amides is 1. The van der Waals surface area contributed by atoms with Crippen molar-refractivity contribution in [1.82, 2.24) is 20.1 Å². The maximum atomic E-state index is 11.6. The van der Waals surface area contributed by atoms with Gasteiger partial charge in [-0.3, -0.25) is 9.79 Å². The first-order chi connectivity index (χ1) is 13.5. The Kier molecular flexibility index (Phi) is 6.46. The number of piperazine rings is 1. The minimum absolute atomic E-state index is 0.0725. The second-order valence-electron chi connectivity index (χ2n) is 6.96. The zero-order valence-corrected chi connectivity index (χ0v) is 17.3. The summed E-state index contributed by atoms with van der Waals surface area (Å²) in [6.45, 7) is 3.32. The number of halogens is 1. The monoisotopic (exact) mass is 402 g/mol. The summed E-state index contributed by atoms with van der Waals surface area (Å²) in [4.78, 5) is 20.1. The van der Waals surface area contributed by atoms with Crippen molar-refractivity contribution in [3.05, 3.63) is 52.8 Å². The molecule has 3 rings (SSSR count). The van der Waals surface area contributed by atoms with E-state index in [1.165, 1.54) is 0 Å². The topological polar surface area (TPSA) is 64.9 Å². The summed E-state index contributed by atoms with van der Waals surface area (Å²) in [5, 5.41) is 6.98. The molecule has 0 unspecified atom stereocenters. The van der Waals surface area contributed by atoms with Crippen LogP contribution in [0.4, 0.5) is 5.69 Å². The van der Waals surface area contributed by atoms with E-state index < -0.39 is 0 Å². The third-order valence-corrected chi connectivity index (χ3v) is 5.04. The highest BCUT2D eigenvalue weighted by Crippen LogP contribution is 2.16. The van der Waals surface area contributed by atoms with E-state index in [4.69, 9.17) is 11.6 Å². The molecule has 1 aromatic carbocycles. The van der Waals surface area contributed by atoms with Crippen LogP contribution in [-0.2, 0) is 24.9 Å². The fraction of sp³-hybridized carbons (Fsp3) is 0.400. The molecule has 0 atom stereocenters. The molecule has 1 aliphatic heterocycles. The van der Waals surface area contributed by atoms with Gasteiger partial charge in [-0.25, -0.2) is 0 Å². The van der Waals surface area contributed by atoms with Gasteiger partial charge in [0.25, 0.3) is 0 Å². The smallest absolute Gasteiger partial charge is 0.239 e. The van der Waals surface area contributed by atoms with Crippen molar-refractivity contribution < 1.29 is 4.79 Å². The lowest BCUT2D eigenvalue weighted by Crippen LogP contribution is -2.47. The van der Waals surface area contributed by atoms with Crippen molar-refractivity contribution in [3.8, 4) is 0 Å². The van der Waals surface area contributed by atoms with Crippen molar-refractivity contribution >= 4 is 29.2 Å². The third-order valence-electron chi connectivity index (χ3n) is 4.84. The number of guanidine groups is 1. The SMILES string of the molecule is CN=C(NCc1ccc(N2CCNC(=O)C2)cc1)N(C)Cc1cc(Cl)cn1C. The van der Waals surface area contributed by atoms with E-state index in [1.807, 2.05) is 30.9 Å². The molecule has 0 aliphatic carbocycles. The predicted octanol–water partition coefficient (Wildman–Crippen LogP) is 1.82. The number of aliphatic imine (C=N–C) groups is 1. The molecule has 2 N–H and O–H groups in total. The molecule has 2 aromatic rings. The van der Waals surface area contributed by atoms with E-state index >= 15 is 0 Å². The second-order valence-corrected chi connectivity index (χ2v) is 7.39. The van der Waals surface area contributed by atoms with Gasteiger partial charge in [-0.1, -0.05) is 23.7 Å². The summed E-state index contributed by atoms with van der Waals surface area (Å²) in [5.41, 5.74) is 3.34. The molecule has 7 nitrogen and oxygen atoms in total. The summed E-state index contributed by atoms with van der Waals surface area (Å²) in [6.07, 6.45) is 1.90. The number of nitrogens with one attached hydrogen (secondary N) is 2. The fourth-order valence-corrected chi connectivity index (χ4v) is 3.56. The zero-order valence-electron chi connectivity index (χ0n) is 16.6. The normalized spacial score (nSPS) is 14.8. The molecular weight excluding hydrogens is 376 g/mol. The highest BCUT2D eigenvalue weighted by Gasteiger charge is 2.16. The number of hydrogen-bond donors (Lipinski definition) is 2. The molecule has 1 amide bonds. The number of hydrogen-bond acceptors (Lipinski definition) is 3. The fourth-order valence-electron chi connectivity index (χ4n) is 3.29. The van der Waals surface area contributed by atoms with E-state index in [9.17, 15) is 4.79 Å². The van der Waals surface area contributed by atoms with E-state index in [2.05, 4.69) is 49.7 Å². The van der Waals surface area contributed by atoms with Crippen molar-refractivity contribution in [2.45, 2.75) is 13.1 Å². The Hall–Kier alpha value is -2.67. The van der Waals surface area contributed by atoms with Crippen molar-refractivity contribution in [2.75, 3.05) is 38.6 Å². The predicted molar refractivity (Wildman–Crippen MR) is 114 cm³/mol. The molecule has 1 fully saturated rings. The molecule has 28 heavy (non-hydrogen) atoms. The molecule has 0 saturated carbocycles. The minimum Gasteiger partial charge on any atom is -0.360 e. The van der Waals surface area contributed by atoms with Gasteiger partial charge in [0.15, 0.2) is 5.96 Å². The molecule has 2 heterocycles. The number of anilines is 1. The van der Waals surface area contributed by atoms with Gasteiger partial charge < -0.3 is 25.0 Å². The number of aryl methyl sites for hydroxylation is 1. The first-order valence-corrected chi connectivity index (χ1v) is 9.67. The van der Waals surface area contributed by atoms with Crippen LogP contribution in [0.3, 0.4) is 0 Å². The standard InChI is InChI=1S/C20H27ClN6O/c1-22-20(26(3)13-18-10-16(21)12-25(18)2)24-11-15-4-6-17(7-5-15)27-9-8-23-19(28)14-27/h4-7,10,12H,8-9,11,13-14H2,1-3H3,(H,22,24)(H,23,28). The van der Waals surface area contributed by atoms with Crippen molar-refractivity contribution in [2.24, 2.45) is 12.0 Å². The Bertz CT molecular complexity index is 845. The van der Waals surface area contributed by atoms with E-state index in [0.717, 1.165) is 34.5 Å². The summed E-state index contributed by atoms with van der Waals surface area (Å²) < 4.78 is 2.02. The Morgan fingerprint density at radius 3 is 2.71 bits per heavy atom. The van der Waals surface area contributed by atoms with Gasteiger partial charge in [-0.2, -0.15) is 0 Å². The van der Waals surface area contributed by atoms with Gasteiger partial charge >= 0.3 is 0 Å². The van der Waals surface area contributed by atoms with Gasteiger partial charge in [0.2, 0.25) is 5.91 Å². The first kappa shape index (κ1) is 20.1. The maximum absolute atomic E-state index is 11.6. The molecule has 1 saturated heterocycles. The van der Waals surface area contributed by atoms with Gasteiger partial charge in [0, 0.05) is 58.4 Å². The average Bonchev–Trinajstić information content (AvgIpc) is 2.99. The van der Waals surface area contributed by atoms with E-state index in [-0.39, 0.29) is 5.91 Å². The summed E-state index contributed by atoms with van der Waals surface area (Å²) in [7, 11) is 5.76. The molecule has 0 radical (unpaired) electrons. The van der Waals surface area contributed by atoms with Crippen LogP contribution in [0.2, 0.25) is 5.02 Å². The molecule has 0 spiro atoms. The lowest BCUT2D eigenvalue weighted by Gasteiger charge is -2.28. The zero-order chi connectivity index (χ0) is 20.1. The van der Waals surface area contributed by atoms with Gasteiger partial charge in [-0.15, -0.1) is 0 Å². The molecule has 0 bridgehead atoms. The molecular formula is C20H27ClN6O. The molecule has 150 valence electrons. The number of carbonyl (C=O) groups excluding carboxylic acids is 1. The largest absolute Gasteiger partial charge is 0.360 e. The Labute approximate surface area is 171 Å². The van der Waals surface area contributed by atoms with Crippen LogP contribution in [-0.4, -0.2) is 55.1 Å². The van der Waals surface area contributed by atoms with Crippen LogP contribution in [0.1, 0.15) is 11.3 Å². The number of aromatic nitrogens is 1.